The van der Waals surface area contributed by atoms with Gasteiger partial charge in [-0.25, -0.2) is 0 Å². The molecule has 1 N–H and O–H groups in total. The summed E-state index contributed by atoms with van der Waals surface area (Å²) in [5.74, 6) is 0. The van der Waals surface area contributed by atoms with E-state index >= 15 is 0 Å². The third-order valence-electron chi connectivity index (χ3n) is 2.44. The first-order valence-electron chi connectivity index (χ1n) is 3.88. The van der Waals surface area contributed by atoms with Gasteiger partial charge in [0.15, 0.2) is 0 Å². The van der Waals surface area contributed by atoms with E-state index in [1.165, 1.54) is 0 Å². The van der Waals surface area contributed by atoms with Crippen molar-refractivity contribution in [3.8, 4) is 0 Å². The summed E-state index contributed by atoms with van der Waals surface area (Å²) in [5, 5.41) is 8.71. The van der Waals surface area contributed by atoms with Gasteiger partial charge in [0, 0.05) is 0 Å². The van der Waals surface area contributed by atoms with Crippen LogP contribution in [0.15, 0.2) is 0 Å². The van der Waals surface area contributed by atoms with Gasteiger partial charge in [-0.3, -0.25) is 0 Å². The molecule has 1 aliphatic rings. The maximum Gasteiger partial charge on any atom is 0.108 e. The van der Waals surface area contributed by atoms with Crippen LogP contribution in [0.3, 0.4) is 0 Å². The monoisotopic (exact) mass is 144 g/mol. The third-order valence-corrected chi connectivity index (χ3v) is 2.44. The summed E-state index contributed by atoms with van der Waals surface area (Å²) in [5.41, 5.74) is 0.243. The molecule has 10 heavy (non-hydrogen) atoms. The number of epoxide rings is 1. The molecular weight excluding hydrogens is 128 g/mol. The summed E-state index contributed by atoms with van der Waals surface area (Å²) in [6.45, 7) is 6.67. The molecule has 0 aromatic carbocycles. The van der Waals surface area contributed by atoms with E-state index in [0.29, 0.717) is 6.10 Å². The highest BCUT2D eigenvalue weighted by atomic mass is 16.6. The average molecular weight is 144 g/mol. The van der Waals surface area contributed by atoms with E-state index in [9.17, 15) is 0 Å². The zero-order valence-corrected chi connectivity index (χ0v) is 6.92. The van der Waals surface area contributed by atoms with Crippen molar-refractivity contribution in [2.24, 2.45) is 5.41 Å². The van der Waals surface area contributed by atoms with E-state index in [1.54, 1.807) is 0 Å². The molecule has 2 nitrogen and oxygen atoms in total. The molecule has 0 aromatic rings. The van der Waals surface area contributed by atoms with Gasteiger partial charge in [-0.15, -0.1) is 0 Å². The Labute approximate surface area is 62.2 Å². The van der Waals surface area contributed by atoms with Crippen LogP contribution in [0.5, 0.6) is 0 Å². The SMILES string of the molecule is CCC(C)(C)C1OC1CO. The van der Waals surface area contributed by atoms with E-state index < -0.39 is 0 Å². The molecule has 0 amide bonds. The number of hydrogen-bond acceptors (Lipinski definition) is 2. The summed E-state index contributed by atoms with van der Waals surface area (Å²) in [6.07, 6.45) is 1.52. The van der Waals surface area contributed by atoms with Crippen molar-refractivity contribution in [2.75, 3.05) is 6.61 Å². The van der Waals surface area contributed by atoms with Gasteiger partial charge in [-0.2, -0.15) is 0 Å². The van der Waals surface area contributed by atoms with Crippen LogP contribution < -0.4 is 0 Å². The maximum atomic E-state index is 8.71. The normalized spacial score (nSPS) is 32.4. The Morgan fingerprint density at radius 1 is 1.50 bits per heavy atom. The van der Waals surface area contributed by atoms with Gasteiger partial charge in [0.25, 0.3) is 0 Å². The number of ether oxygens (including phenoxy) is 1. The predicted molar refractivity (Wildman–Crippen MR) is 39.8 cm³/mol. The van der Waals surface area contributed by atoms with Crippen LogP contribution in [0.4, 0.5) is 0 Å². The molecule has 2 unspecified atom stereocenters. The van der Waals surface area contributed by atoms with Crippen LogP contribution in [-0.2, 0) is 4.74 Å². The van der Waals surface area contributed by atoms with Crippen LogP contribution in [0, 0.1) is 5.41 Å². The van der Waals surface area contributed by atoms with Crippen LogP contribution in [0.2, 0.25) is 0 Å². The smallest absolute Gasteiger partial charge is 0.108 e. The number of aliphatic hydroxyl groups is 1. The first-order chi connectivity index (χ1) is 4.61. The molecule has 1 aliphatic heterocycles. The molecule has 0 aliphatic carbocycles. The highest BCUT2D eigenvalue weighted by molar-refractivity contribution is 4.94. The second-order valence-electron chi connectivity index (χ2n) is 3.62. The predicted octanol–water partition coefficient (Wildman–Crippen LogP) is 1.18. The Bertz CT molecular complexity index is 120. The van der Waals surface area contributed by atoms with Crippen LogP contribution in [0.25, 0.3) is 0 Å². The van der Waals surface area contributed by atoms with E-state index in [-0.39, 0.29) is 18.1 Å². The van der Waals surface area contributed by atoms with Gasteiger partial charge in [-0.05, 0) is 11.8 Å². The highest BCUT2D eigenvalue weighted by Crippen LogP contribution is 2.40. The molecule has 1 heterocycles. The number of rotatable bonds is 3. The second-order valence-corrected chi connectivity index (χ2v) is 3.62. The van der Waals surface area contributed by atoms with Crippen molar-refractivity contribution in [3.63, 3.8) is 0 Å². The van der Waals surface area contributed by atoms with Crippen LogP contribution in [0.1, 0.15) is 27.2 Å². The van der Waals surface area contributed by atoms with Gasteiger partial charge in [0.2, 0.25) is 0 Å². The van der Waals surface area contributed by atoms with E-state index in [2.05, 4.69) is 20.8 Å². The van der Waals surface area contributed by atoms with Crippen molar-refractivity contribution in [2.45, 2.75) is 39.4 Å². The van der Waals surface area contributed by atoms with Crippen molar-refractivity contribution in [1.82, 2.24) is 0 Å². The lowest BCUT2D eigenvalue weighted by Crippen LogP contribution is -2.20. The topological polar surface area (TPSA) is 32.8 Å². The van der Waals surface area contributed by atoms with Crippen molar-refractivity contribution in [1.29, 1.82) is 0 Å². The fourth-order valence-corrected chi connectivity index (χ4v) is 1.17. The largest absolute Gasteiger partial charge is 0.394 e. The Morgan fingerprint density at radius 2 is 2.10 bits per heavy atom. The molecule has 1 fully saturated rings. The molecule has 2 heteroatoms. The number of aliphatic hydroxyl groups excluding tert-OH is 1. The fourth-order valence-electron chi connectivity index (χ4n) is 1.17. The number of hydrogen-bond donors (Lipinski definition) is 1. The lowest BCUT2D eigenvalue weighted by atomic mass is 9.85. The maximum absolute atomic E-state index is 8.71. The van der Waals surface area contributed by atoms with Crippen LogP contribution in [-0.4, -0.2) is 23.9 Å². The molecule has 1 rings (SSSR count). The molecular formula is C8H16O2. The molecule has 0 aromatic heterocycles. The van der Waals surface area contributed by atoms with Crippen molar-refractivity contribution >= 4 is 0 Å². The van der Waals surface area contributed by atoms with Gasteiger partial charge >= 0.3 is 0 Å². The van der Waals surface area contributed by atoms with E-state index in [0.717, 1.165) is 6.42 Å². The Kier molecular flexibility index (Phi) is 2.02. The Morgan fingerprint density at radius 3 is 2.40 bits per heavy atom. The third kappa shape index (κ3) is 1.32. The molecule has 0 saturated carbocycles. The second kappa shape index (κ2) is 2.51. The van der Waals surface area contributed by atoms with Gasteiger partial charge in [0.1, 0.15) is 6.10 Å². The minimum Gasteiger partial charge on any atom is -0.394 e. The summed E-state index contributed by atoms with van der Waals surface area (Å²) >= 11 is 0. The quantitative estimate of drug-likeness (QED) is 0.603. The highest BCUT2D eigenvalue weighted by Gasteiger charge is 2.47. The standard InChI is InChI=1S/C8H16O2/c1-4-8(2,3)7-6(5-9)10-7/h6-7,9H,4-5H2,1-3H3. The lowest BCUT2D eigenvalue weighted by molar-refractivity contribution is 0.219. The summed E-state index contributed by atoms with van der Waals surface area (Å²) in [7, 11) is 0. The summed E-state index contributed by atoms with van der Waals surface area (Å²) in [4.78, 5) is 0. The molecule has 0 spiro atoms. The summed E-state index contributed by atoms with van der Waals surface area (Å²) < 4.78 is 5.27. The first-order valence-corrected chi connectivity index (χ1v) is 3.88. The minimum absolute atomic E-state index is 0.120. The summed E-state index contributed by atoms with van der Waals surface area (Å²) in [6, 6.07) is 0. The zero-order valence-electron chi connectivity index (χ0n) is 6.92. The van der Waals surface area contributed by atoms with Crippen molar-refractivity contribution < 1.29 is 9.84 Å². The minimum atomic E-state index is 0.120. The molecule has 0 bridgehead atoms. The fraction of sp³-hybridized carbons (Fsp3) is 1.00. The van der Waals surface area contributed by atoms with Gasteiger partial charge in [-0.1, -0.05) is 20.8 Å². The Balaban J connectivity index is 2.37. The zero-order chi connectivity index (χ0) is 7.78. The Hall–Kier alpha value is -0.0800. The van der Waals surface area contributed by atoms with Gasteiger partial charge < -0.3 is 9.84 Å². The molecule has 60 valence electrons. The first kappa shape index (κ1) is 8.02. The van der Waals surface area contributed by atoms with E-state index in [4.69, 9.17) is 9.84 Å². The molecule has 2 atom stereocenters. The van der Waals surface area contributed by atoms with Gasteiger partial charge in [0.05, 0.1) is 12.7 Å². The average Bonchev–Trinajstić information content (AvgIpc) is 2.66. The molecule has 0 radical (unpaired) electrons. The van der Waals surface area contributed by atoms with E-state index in [1.807, 2.05) is 0 Å². The lowest BCUT2D eigenvalue weighted by Gasteiger charge is -2.19. The molecule has 1 saturated heterocycles. The van der Waals surface area contributed by atoms with Crippen LogP contribution >= 0.6 is 0 Å². The van der Waals surface area contributed by atoms with Crippen molar-refractivity contribution in [3.05, 3.63) is 0 Å².